The zero-order valence-corrected chi connectivity index (χ0v) is 21.8. The van der Waals surface area contributed by atoms with Gasteiger partial charge in [-0.1, -0.05) is 42.7 Å². The van der Waals surface area contributed by atoms with E-state index in [0.29, 0.717) is 11.5 Å². The molecule has 34 heavy (non-hydrogen) atoms. The molecule has 2 fully saturated rings. The summed E-state index contributed by atoms with van der Waals surface area (Å²) in [6.45, 7) is 6.12. The van der Waals surface area contributed by atoms with Crippen molar-refractivity contribution in [2.75, 3.05) is 6.61 Å². The number of esters is 2. The van der Waals surface area contributed by atoms with Crippen molar-refractivity contribution in [1.29, 1.82) is 0 Å². The molecule has 1 saturated heterocycles. The summed E-state index contributed by atoms with van der Waals surface area (Å²) in [5, 5.41) is 0. The Hall–Kier alpha value is -2.70. The minimum Gasteiger partial charge on any atom is -0.427 e. The van der Waals surface area contributed by atoms with Gasteiger partial charge in [-0.25, -0.2) is 0 Å². The summed E-state index contributed by atoms with van der Waals surface area (Å²) in [7, 11) is -0.595. The fourth-order valence-corrected chi connectivity index (χ4v) is 6.02. The van der Waals surface area contributed by atoms with Crippen molar-refractivity contribution in [3.05, 3.63) is 65.2 Å². The molecular formula is C28H36O5Si. The van der Waals surface area contributed by atoms with Crippen molar-refractivity contribution in [3.8, 4) is 11.5 Å². The van der Waals surface area contributed by atoms with Crippen LogP contribution in [0.15, 0.2) is 54.1 Å². The second kappa shape index (κ2) is 13.3. The van der Waals surface area contributed by atoms with Crippen molar-refractivity contribution >= 4 is 26.6 Å². The van der Waals surface area contributed by atoms with Gasteiger partial charge in [-0.05, 0) is 85.7 Å². The quantitative estimate of drug-likeness (QED) is 0.286. The fourth-order valence-electron chi connectivity index (χ4n) is 4.42. The zero-order valence-electron chi connectivity index (χ0n) is 20.6. The topological polar surface area (TPSA) is 61.8 Å². The van der Waals surface area contributed by atoms with Crippen LogP contribution in [0.3, 0.4) is 0 Å². The van der Waals surface area contributed by atoms with Crippen LogP contribution in [-0.2, 0) is 14.0 Å². The molecule has 1 atom stereocenters. The first kappa shape index (κ1) is 25.9. The average molecular weight is 481 g/mol. The Morgan fingerprint density at radius 2 is 1.24 bits per heavy atom. The van der Waals surface area contributed by atoms with Crippen molar-refractivity contribution < 1.29 is 23.5 Å². The molecule has 1 saturated carbocycles. The summed E-state index contributed by atoms with van der Waals surface area (Å²) in [5.41, 5.74) is 4.87. The normalized spacial score (nSPS) is 17.7. The molecule has 5 nitrogen and oxygen atoms in total. The highest BCUT2D eigenvalue weighted by Crippen LogP contribution is 2.36. The van der Waals surface area contributed by atoms with E-state index in [1.807, 2.05) is 48.5 Å². The predicted molar refractivity (Wildman–Crippen MR) is 138 cm³/mol. The molecule has 182 valence electrons. The van der Waals surface area contributed by atoms with Gasteiger partial charge >= 0.3 is 11.9 Å². The van der Waals surface area contributed by atoms with E-state index in [-0.39, 0.29) is 11.9 Å². The van der Waals surface area contributed by atoms with E-state index in [0.717, 1.165) is 30.6 Å². The predicted octanol–water partition coefficient (Wildman–Crippen LogP) is 6.45. The van der Waals surface area contributed by atoms with Gasteiger partial charge < -0.3 is 13.9 Å². The van der Waals surface area contributed by atoms with Crippen LogP contribution in [0.5, 0.6) is 11.5 Å². The van der Waals surface area contributed by atoms with Crippen molar-refractivity contribution in [2.24, 2.45) is 0 Å². The summed E-state index contributed by atoms with van der Waals surface area (Å²) in [6.07, 6.45) is 8.59. The average Bonchev–Trinajstić information content (AvgIpc) is 2.82. The van der Waals surface area contributed by atoms with Crippen LogP contribution in [0.2, 0.25) is 12.6 Å². The molecule has 1 aliphatic carbocycles. The second-order valence-corrected chi connectivity index (χ2v) is 11.5. The van der Waals surface area contributed by atoms with Crippen LogP contribution in [-0.4, -0.2) is 27.6 Å². The van der Waals surface area contributed by atoms with E-state index in [1.54, 1.807) is 0 Å². The van der Waals surface area contributed by atoms with Gasteiger partial charge in [0.05, 0.1) is 0 Å². The Morgan fingerprint density at radius 3 is 1.59 bits per heavy atom. The Morgan fingerprint density at radius 1 is 0.735 bits per heavy atom. The SMILES string of the molecule is CC(=O)Oc1ccc(C(=C2CCCCC2)c2ccc(OC(C)=O)cc2)cc1.C[SiH]1CCCCO1. The van der Waals surface area contributed by atoms with E-state index in [2.05, 4.69) is 6.55 Å². The van der Waals surface area contributed by atoms with Crippen molar-refractivity contribution in [1.82, 2.24) is 0 Å². The molecule has 0 bridgehead atoms. The molecule has 0 aromatic heterocycles. The van der Waals surface area contributed by atoms with Gasteiger partial charge in [0.1, 0.15) is 11.5 Å². The molecule has 0 spiro atoms. The first-order valence-corrected chi connectivity index (χ1v) is 14.8. The van der Waals surface area contributed by atoms with Gasteiger partial charge in [-0.2, -0.15) is 0 Å². The van der Waals surface area contributed by atoms with E-state index in [9.17, 15) is 9.59 Å². The highest BCUT2D eigenvalue weighted by Gasteiger charge is 2.16. The number of carbonyl (C=O) groups is 2. The third-order valence-corrected chi connectivity index (χ3v) is 8.05. The van der Waals surface area contributed by atoms with E-state index >= 15 is 0 Å². The lowest BCUT2D eigenvalue weighted by atomic mass is 9.85. The van der Waals surface area contributed by atoms with Gasteiger partial charge in [0.25, 0.3) is 0 Å². The van der Waals surface area contributed by atoms with E-state index < -0.39 is 9.04 Å². The van der Waals surface area contributed by atoms with Crippen molar-refractivity contribution in [2.45, 2.75) is 71.4 Å². The molecule has 1 heterocycles. The maximum atomic E-state index is 11.1. The molecule has 2 aromatic carbocycles. The third-order valence-electron chi connectivity index (χ3n) is 6.03. The molecule has 6 heteroatoms. The Balaban J connectivity index is 0.000000396. The van der Waals surface area contributed by atoms with Crippen LogP contribution in [0.1, 0.15) is 69.9 Å². The van der Waals surface area contributed by atoms with E-state index in [1.165, 1.54) is 63.1 Å². The Kier molecular flexibility index (Phi) is 10.1. The van der Waals surface area contributed by atoms with Crippen LogP contribution in [0.25, 0.3) is 5.57 Å². The zero-order chi connectivity index (χ0) is 24.3. The molecule has 2 aliphatic rings. The summed E-state index contributed by atoms with van der Waals surface area (Å²) in [5.74, 6) is 0.443. The monoisotopic (exact) mass is 480 g/mol. The Labute approximate surface area is 204 Å². The minimum atomic E-state index is -0.595. The van der Waals surface area contributed by atoms with Gasteiger partial charge in [-0.3, -0.25) is 9.59 Å². The molecule has 2 aromatic rings. The van der Waals surface area contributed by atoms with Gasteiger partial charge in [0, 0.05) is 20.5 Å². The molecule has 1 unspecified atom stereocenters. The summed E-state index contributed by atoms with van der Waals surface area (Å²) in [6, 6.07) is 16.7. The number of hydrogen-bond donors (Lipinski definition) is 0. The highest BCUT2D eigenvalue weighted by atomic mass is 28.3. The van der Waals surface area contributed by atoms with Crippen LogP contribution in [0, 0.1) is 0 Å². The Bertz CT molecular complexity index is 903. The number of benzene rings is 2. The maximum Gasteiger partial charge on any atom is 0.308 e. The molecule has 0 radical (unpaired) electrons. The number of allylic oxidation sites excluding steroid dienone is 1. The lowest BCUT2D eigenvalue weighted by Crippen LogP contribution is -2.18. The maximum absolute atomic E-state index is 11.1. The third kappa shape index (κ3) is 8.26. The van der Waals surface area contributed by atoms with Crippen LogP contribution < -0.4 is 9.47 Å². The van der Waals surface area contributed by atoms with Crippen molar-refractivity contribution in [3.63, 3.8) is 0 Å². The molecule has 1 aliphatic heterocycles. The lowest BCUT2D eigenvalue weighted by Gasteiger charge is -2.20. The molecular weight excluding hydrogens is 444 g/mol. The molecule has 4 rings (SSSR count). The summed E-state index contributed by atoms with van der Waals surface area (Å²) >= 11 is 0. The number of ether oxygens (including phenoxy) is 2. The lowest BCUT2D eigenvalue weighted by molar-refractivity contribution is -0.132. The number of carbonyl (C=O) groups excluding carboxylic acids is 2. The largest absolute Gasteiger partial charge is 0.427 e. The summed E-state index contributed by atoms with van der Waals surface area (Å²) in [4.78, 5) is 22.3. The van der Waals surface area contributed by atoms with Gasteiger partial charge in [0.15, 0.2) is 9.04 Å². The fraction of sp³-hybridized carbons (Fsp3) is 0.429. The van der Waals surface area contributed by atoms with Gasteiger partial charge in [-0.15, -0.1) is 0 Å². The molecule has 0 amide bonds. The van der Waals surface area contributed by atoms with Crippen LogP contribution in [0.4, 0.5) is 0 Å². The highest BCUT2D eigenvalue weighted by molar-refractivity contribution is 6.50. The molecule has 0 N–H and O–H groups in total. The standard InChI is InChI=1S/C23H24O4.C5H12OSi/c1-16(24)26-21-12-8-19(9-13-21)23(18-6-4-3-5-7-18)20-10-14-22(15-11-20)27-17(2)25;1-7-5-3-2-4-6-7/h8-15H,3-7H2,1-2H3;7H,2-5H2,1H3. The first-order chi connectivity index (χ1) is 16.4. The van der Waals surface area contributed by atoms with Crippen LogP contribution >= 0.6 is 0 Å². The minimum absolute atomic E-state index is 0.324. The van der Waals surface area contributed by atoms with E-state index in [4.69, 9.17) is 13.9 Å². The number of rotatable bonds is 4. The summed E-state index contributed by atoms with van der Waals surface area (Å²) < 4.78 is 15.7. The first-order valence-electron chi connectivity index (χ1n) is 12.3. The second-order valence-electron chi connectivity index (χ2n) is 8.95. The number of hydrogen-bond acceptors (Lipinski definition) is 5. The van der Waals surface area contributed by atoms with Gasteiger partial charge in [0.2, 0.25) is 0 Å². The smallest absolute Gasteiger partial charge is 0.308 e.